The molecule has 0 N–H and O–H groups in total. The molecule has 0 aliphatic carbocycles. The number of piperidine rings is 1. The molecule has 0 radical (unpaired) electrons. The largest absolute Gasteiger partial charge is 0.493 e. The van der Waals surface area contributed by atoms with Gasteiger partial charge in [0.25, 0.3) is 5.91 Å². The van der Waals surface area contributed by atoms with E-state index in [1.54, 1.807) is 24.8 Å². The summed E-state index contributed by atoms with van der Waals surface area (Å²) in [7, 11) is 3.29. The summed E-state index contributed by atoms with van der Waals surface area (Å²) >= 11 is 0. The number of fused-ring (bicyclic) bond motifs is 2. The van der Waals surface area contributed by atoms with E-state index in [-0.39, 0.29) is 35.6 Å². The van der Waals surface area contributed by atoms with Crippen molar-refractivity contribution in [3.05, 3.63) is 47.0 Å². The van der Waals surface area contributed by atoms with Gasteiger partial charge in [-0.15, -0.1) is 0 Å². The predicted molar refractivity (Wildman–Crippen MR) is 118 cm³/mol. The minimum Gasteiger partial charge on any atom is -0.493 e. The smallest absolute Gasteiger partial charge is 0.431 e. The Morgan fingerprint density at radius 3 is 2.35 bits per heavy atom. The Kier molecular flexibility index (Phi) is 6.30. The van der Waals surface area contributed by atoms with Gasteiger partial charge < -0.3 is 18.9 Å². The van der Waals surface area contributed by atoms with Crippen molar-refractivity contribution in [2.45, 2.75) is 51.1 Å². The van der Waals surface area contributed by atoms with Crippen molar-refractivity contribution in [3.8, 4) is 11.5 Å². The van der Waals surface area contributed by atoms with Gasteiger partial charge in [-0.1, -0.05) is 0 Å². The lowest BCUT2D eigenvalue weighted by Crippen LogP contribution is -2.56. The van der Waals surface area contributed by atoms with E-state index in [9.17, 15) is 22.4 Å². The van der Waals surface area contributed by atoms with Crippen molar-refractivity contribution in [1.29, 1.82) is 0 Å². The van der Waals surface area contributed by atoms with E-state index in [1.807, 2.05) is 7.05 Å². The summed E-state index contributed by atoms with van der Waals surface area (Å²) in [4.78, 5) is 16.9. The van der Waals surface area contributed by atoms with Gasteiger partial charge in [-0.3, -0.25) is 9.69 Å². The number of benzene rings is 1. The second-order valence-electron chi connectivity index (χ2n) is 9.15. The molecule has 1 amide bonds. The number of amides is 1. The highest BCUT2D eigenvalue weighted by molar-refractivity contribution is 5.95. The van der Waals surface area contributed by atoms with Crippen LogP contribution in [0.3, 0.4) is 0 Å². The minimum absolute atomic E-state index is 0.0447. The summed E-state index contributed by atoms with van der Waals surface area (Å²) in [6, 6.07) is 5.30. The molecule has 4 rings (SSSR count). The Morgan fingerprint density at radius 2 is 1.76 bits per heavy atom. The summed E-state index contributed by atoms with van der Waals surface area (Å²) in [5.41, 5.74) is -0.458. The Morgan fingerprint density at radius 1 is 1.09 bits per heavy atom. The maximum absolute atomic E-state index is 14.7. The third-order valence-corrected chi connectivity index (χ3v) is 6.85. The van der Waals surface area contributed by atoms with E-state index in [0.29, 0.717) is 38.2 Å². The first-order valence-electron chi connectivity index (χ1n) is 11.3. The number of halogens is 4. The molecule has 6 nitrogen and oxygen atoms in total. The van der Waals surface area contributed by atoms with Crippen LogP contribution in [0, 0.1) is 5.82 Å². The Hall–Kier alpha value is -2.75. The van der Waals surface area contributed by atoms with Crippen molar-refractivity contribution >= 4 is 5.91 Å². The SMILES string of the molecule is COc1cc(C(=O)N2CCC3(CC2)c2ccc(C(F)(F)F)n2CCN3C)cc(F)c1OC(C)C. The van der Waals surface area contributed by atoms with Crippen LogP contribution in [0.2, 0.25) is 0 Å². The van der Waals surface area contributed by atoms with Crippen molar-refractivity contribution in [2.24, 2.45) is 0 Å². The first kappa shape index (κ1) is 24.4. The van der Waals surface area contributed by atoms with Gasteiger partial charge >= 0.3 is 6.18 Å². The van der Waals surface area contributed by atoms with Crippen LogP contribution in [0.5, 0.6) is 11.5 Å². The summed E-state index contributed by atoms with van der Waals surface area (Å²) < 4.78 is 67.2. The molecular weight excluding hydrogens is 454 g/mol. The molecule has 2 aliphatic rings. The van der Waals surface area contributed by atoms with Crippen molar-refractivity contribution in [3.63, 3.8) is 0 Å². The molecule has 0 saturated carbocycles. The number of carbonyl (C=O) groups excluding carboxylic acids is 1. The Labute approximate surface area is 196 Å². The molecule has 10 heteroatoms. The maximum Gasteiger partial charge on any atom is 0.431 e. The first-order valence-corrected chi connectivity index (χ1v) is 11.3. The number of likely N-dealkylation sites (tertiary alicyclic amines) is 1. The predicted octanol–water partition coefficient (Wildman–Crippen LogP) is 4.52. The molecule has 1 aromatic carbocycles. The van der Waals surface area contributed by atoms with Crippen LogP contribution in [0.25, 0.3) is 0 Å². The lowest BCUT2D eigenvalue weighted by molar-refractivity contribution is -0.144. The molecule has 1 spiro atoms. The molecule has 1 aromatic heterocycles. The molecule has 0 atom stereocenters. The van der Waals surface area contributed by atoms with Crippen LogP contribution < -0.4 is 9.47 Å². The molecule has 2 aliphatic heterocycles. The number of carbonyl (C=O) groups is 1. The molecule has 34 heavy (non-hydrogen) atoms. The number of methoxy groups -OCH3 is 1. The van der Waals surface area contributed by atoms with E-state index >= 15 is 0 Å². The van der Waals surface area contributed by atoms with Crippen LogP contribution in [-0.4, -0.2) is 60.2 Å². The Balaban J connectivity index is 1.56. The number of alkyl halides is 3. The fourth-order valence-electron chi connectivity index (χ4n) is 5.12. The number of hydrogen-bond donors (Lipinski definition) is 0. The quantitative estimate of drug-likeness (QED) is 0.600. The molecule has 3 heterocycles. The number of rotatable bonds is 4. The summed E-state index contributed by atoms with van der Waals surface area (Å²) in [6.45, 7) is 4.95. The Bertz CT molecular complexity index is 1070. The van der Waals surface area contributed by atoms with Crippen LogP contribution in [0.4, 0.5) is 17.6 Å². The molecular formula is C24H29F4N3O3. The number of hydrogen-bond acceptors (Lipinski definition) is 4. The number of likely N-dealkylation sites (N-methyl/N-ethyl adjacent to an activating group) is 1. The number of aromatic nitrogens is 1. The van der Waals surface area contributed by atoms with Gasteiger partial charge in [0.2, 0.25) is 0 Å². The van der Waals surface area contributed by atoms with Gasteiger partial charge in [0.05, 0.1) is 18.8 Å². The highest BCUT2D eigenvalue weighted by atomic mass is 19.4. The fourth-order valence-corrected chi connectivity index (χ4v) is 5.12. The average Bonchev–Trinajstić information content (AvgIpc) is 3.23. The highest BCUT2D eigenvalue weighted by Gasteiger charge is 2.47. The fraction of sp³-hybridized carbons (Fsp3) is 0.542. The maximum atomic E-state index is 14.7. The first-order chi connectivity index (χ1) is 16.0. The monoisotopic (exact) mass is 483 g/mol. The highest BCUT2D eigenvalue weighted by Crippen LogP contribution is 2.44. The van der Waals surface area contributed by atoms with Crippen LogP contribution in [0.15, 0.2) is 24.3 Å². The van der Waals surface area contributed by atoms with E-state index < -0.39 is 23.2 Å². The van der Waals surface area contributed by atoms with Crippen molar-refractivity contribution in [1.82, 2.24) is 14.4 Å². The van der Waals surface area contributed by atoms with Crippen molar-refractivity contribution in [2.75, 3.05) is 33.8 Å². The summed E-state index contributed by atoms with van der Waals surface area (Å²) in [5.74, 6) is -0.950. The van der Waals surface area contributed by atoms with Crippen LogP contribution in [-0.2, 0) is 18.3 Å². The lowest BCUT2D eigenvalue weighted by Gasteiger charge is -2.50. The normalized spacial score (nSPS) is 18.3. The molecule has 0 bridgehead atoms. The molecule has 2 aromatic rings. The van der Waals surface area contributed by atoms with Crippen LogP contribution >= 0.6 is 0 Å². The van der Waals surface area contributed by atoms with E-state index in [0.717, 1.165) is 12.1 Å². The standard InChI is InChI=1S/C24H29F4N3O3/c1-15(2)34-21-17(25)13-16(14-18(21)33-4)22(32)30-9-7-23(8-10-30)19-5-6-20(24(26,27)28)31(19)12-11-29(23)3/h5-6,13-15H,7-12H2,1-4H3. The van der Waals surface area contributed by atoms with Gasteiger partial charge in [-0.05, 0) is 58.0 Å². The summed E-state index contributed by atoms with van der Waals surface area (Å²) in [6.07, 6.45) is -3.73. The van der Waals surface area contributed by atoms with E-state index in [1.165, 1.54) is 17.7 Å². The lowest BCUT2D eigenvalue weighted by atomic mass is 9.81. The zero-order chi connectivity index (χ0) is 24.8. The van der Waals surface area contributed by atoms with Crippen molar-refractivity contribution < 1.29 is 31.8 Å². The number of ether oxygens (including phenoxy) is 2. The van der Waals surface area contributed by atoms with Gasteiger partial charge in [0, 0.05) is 37.4 Å². The third kappa shape index (κ3) is 4.12. The van der Waals surface area contributed by atoms with Gasteiger partial charge in [-0.2, -0.15) is 13.2 Å². The van der Waals surface area contributed by atoms with Crippen LogP contribution in [0.1, 0.15) is 48.4 Å². The second kappa shape index (κ2) is 8.79. The summed E-state index contributed by atoms with van der Waals surface area (Å²) in [5, 5.41) is 0. The van der Waals surface area contributed by atoms with Gasteiger partial charge in [0.1, 0.15) is 5.69 Å². The molecule has 1 fully saturated rings. The third-order valence-electron chi connectivity index (χ3n) is 6.85. The molecule has 1 saturated heterocycles. The zero-order valence-electron chi connectivity index (χ0n) is 19.7. The van der Waals surface area contributed by atoms with E-state index in [4.69, 9.17) is 9.47 Å². The van der Waals surface area contributed by atoms with Gasteiger partial charge in [-0.25, -0.2) is 4.39 Å². The minimum atomic E-state index is -4.42. The zero-order valence-corrected chi connectivity index (χ0v) is 19.7. The van der Waals surface area contributed by atoms with Gasteiger partial charge in [0.15, 0.2) is 17.3 Å². The average molecular weight is 484 g/mol. The molecule has 0 unspecified atom stereocenters. The van der Waals surface area contributed by atoms with E-state index in [2.05, 4.69) is 4.90 Å². The molecule has 186 valence electrons. The second-order valence-corrected chi connectivity index (χ2v) is 9.15. The topological polar surface area (TPSA) is 46.9 Å². The number of nitrogens with zero attached hydrogens (tertiary/aromatic N) is 3.